The molecule has 5 aromatic carbocycles. The second-order valence-corrected chi connectivity index (χ2v) is 9.84. The molecule has 0 aliphatic rings. The fourth-order valence-electron chi connectivity index (χ4n) is 5.48. The zero-order valence-corrected chi connectivity index (χ0v) is 21.6. The third kappa shape index (κ3) is 3.84. The third-order valence-electron chi connectivity index (χ3n) is 7.27. The molecule has 0 amide bonds. The monoisotopic (exact) mass is 512 g/mol. The normalized spacial score (nSPS) is 11.5. The van der Waals surface area contributed by atoms with E-state index in [2.05, 4.69) is 96.4 Å². The summed E-state index contributed by atoms with van der Waals surface area (Å²) in [6.45, 7) is 2.08. The average molecular weight is 513 g/mol. The van der Waals surface area contributed by atoms with Crippen LogP contribution >= 0.6 is 11.6 Å². The van der Waals surface area contributed by atoms with Crippen LogP contribution in [-0.4, -0.2) is 15.8 Å². The highest BCUT2D eigenvalue weighted by molar-refractivity contribution is 6.33. The van der Waals surface area contributed by atoms with Gasteiger partial charge in [0.25, 0.3) is 0 Å². The van der Waals surface area contributed by atoms with Crippen molar-refractivity contribution >= 4 is 28.9 Å². The molecule has 184 valence electrons. The molecule has 1 heterocycles. The molecule has 0 bridgehead atoms. The van der Waals surface area contributed by atoms with Crippen molar-refractivity contribution in [2.75, 3.05) is 0 Å². The quantitative estimate of drug-likeness (QED) is 0.166. The van der Waals surface area contributed by atoms with Crippen LogP contribution in [0, 0.1) is 6.92 Å². The maximum atomic E-state index is 11.3. The number of carbonyl (C=O) groups is 1. The molecule has 6 rings (SSSR count). The summed E-state index contributed by atoms with van der Waals surface area (Å²) in [4.78, 5) is 16.2. The Hall–Kier alpha value is -4.47. The Morgan fingerprint density at radius 1 is 0.737 bits per heavy atom. The summed E-state index contributed by atoms with van der Waals surface area (Å²) in [6.07, 6.45) is 2.73. The van der Waals surface area contributed by atoms with Gasteiger partial charge in [-0.1, -0.05) is 109 Å². The maximum absolute atomic E-state index is 11.3. The van der Waals surface area contributed by atoms with Crippen LogP contribution in [0.3, 0.4) is 0 Å². The van der Waals surface area contributed by atoms with Gasteiger partial charge in [-0.2, -0.15) is 0 Å². The van der Waals surface area contributed by atoms with Crippen LogP contribution in [0.2, 0.25) is 5.02 Å². The number of hydrogen-bond acceptors (Lipinski definition) is 2. The van der Waals surface area contributed by atoms with Gasteiger partial charge in [-0.15, -0.1) is 0 Å². The van der Waals surface area contributed by atoms with Crippen LogP contribution in [0.5, 0.6) is 0 Å². The van der Waals surface area contributed by atoms with Crippen LogP contribution in [0.25, 0.3) is 22.2 Å². The van der Waals surface area contributed by atoms with Gasteiger partial charge in [0.15, 0.2) is 6.29 Å². The molecule has 38 heavy (non-hydrogen) atoms. The summed E-state index contributed by atoms with van der Waals surface area (Å²) in [5.74, 6) is 0. The Labute approximate surface area is 227 Å². The Morgan fingerprint density at radius 2 is 1.29 bits per heavy atom. The lowest BCUT2D eigenvalue weighted by Gasteiger charge is -2.38. The number of benzene rings is 5. The lowest BCUT2D eigenvalue weighted by Crippen LogP contribution is -2.37. The molecular formula is C34H25ClN2O. The van der Waals surface area contributed by atoms with Gasteiger partial charge in [0, 0.05) is 5.56 Å². The molecule has 1 aromatic heterocycles. The van der Waals surface area contributed by atoms with Crippen LogP contribution in [0.1, 0.15) is 32.6 Å². The van der Waals surface area contributed by atoms with Crippen LogP contribution in [0.15, 0.2) is 128 Å². The Bertz CT molecular complexity index is 1650. The molecule has 0 atom stereocenters. The van der Waals surface area contributed by atoms with Crippen molar-refractivity contribution in [1.29, 1.82) is 0 Å². The first kappa shape index (κ1) is 23.9. The zero-order chi connectivity index (χ0) is 26.1. The summed E-state index contributed by atoms with van der Waals surface area (Å²) in [5.41, 5.74) is 8.22. The van der Waals surface area contributed by atoms with Crippen molar-refractivity contribution < 1.29 is 4.79 Å². The molecule has 0 saturated heterocycles. The van der Waals surface area contributed by atoms with Crippen LogP contribution in [0.4, 0.5) is 0 Å². The van der Waals surface area contributed by atoms with Crippen molar-refractivity contribution in [2.45, 2.75) is 12.5 Å². The first-order chi connectivity index (χ1) is 18.6. The molecule has 0 aliphatic carbocycles. The first-order valence-corrected chi connectivity index (χ1v) is 12.9. The highest BCUT2D eigenvalue weighted by Crippen LogP contribution is 2.43. The first-order valence-electron chi connectivity index (χ1n) is 12.5. The molecule has 0 N–H and O–H groups in total. The number of aldehydes is 1. The number of halogens is 1. The zero-order valence-electron chi connectivity index (χ0n) is 20.9. The van der Waals surface area contributed by atoms with Gasteiger partial charge >= 0.3 is 0 Å². The van der Waals surface area contributed by atoms with E-state index in [4.69, 9.17) is 16.6 Å². The highest BCUT2D eigenvalue weighted by atomic mass is 35.5. The summed E-state index contributed by atoms with van der Waals surface area (Å²) in [5, 5.41) is 0.442. The SMILES string of the molecule is Cc1cc2ncn(C(c3ccccc3)(c3ccccc3)c3ccccc3)c2cc1-c1ccc(C=O)c(Cl)c1. The number of hydrogen-bond donors (Lipinski definition) is 0. The molecule has 0 saturated carbocycles. The smallest absolute Gasteiger partial charge is 0.151 e. The van der Waals surface area contributed by atoms with E-state index in [0.717, 1.165) is 50.7 Å². The summed E-state index contributed by atoms with van der Waals surface area (Å²) >= 11 is 6.42. The van der Waals surface area contributed by atoms with Crippen molar-refractivity contribution in [1.82, 2.24) is 9.55 Å². The highest BCUT2D eigenvalue weighted by Gasteiger charge is 2.39. The summed E-state index contributed by atoms with van der Waals surface area (Å²) < 4.78 is 2.28. The predicted octanol–water partition coefficient (Wildman–Crippen LogP) is 8.32. The number of aryl methyl sites for hydroxylation is 1. The number of nitrogens with zero attached hydrogens (tertiary/aromatic N) is 2. The van der Waals surface area contributed by atoms with Gasteiger partial charge < -0.3 is 4.57 Å². The van der Waals surface area contributed by atoms with E-state index in [0.29, 0.717) is 10.6 Å². The largest absolute Gasteiger partial charge is 0.312 e. The lowest BCUT2D eigenvalue weighted by molar-refractivity contribution is 0.112. The van der Waals surface area contributed by atoms with Crippen LogP contribution in [-0.2, 0) is 5.54 Å². The van der Waals surface area contributed by atoms with Crippen molar-refractivity contribution in [3.63, 3.8) is 0 Å². The molecule has 0 unspecified atom stereocenters. The molecule has 4 heteroatoms. The van der Waals surface area contributed by atoms with Crippen molar-refractivity contribution in [3.05, 3.63) is 160 Å². The van der Waals surface area contributed by atoms with E-state index in [1.54, 1.807) is 6.07 Å². The van der Waals surface area contributed by atoms with E-state index in [-0.39, 0.29) is 0 Å². The molecular weight excluding hydrogens is 488 g/mol. The fraction of sp³-hybridized carbons (Fsp3) is 0.0588. The molecule has 3 nitrogen and oxygen atoms in total. The molecule has 0 radical (unpaired) electrons. The van der Waals surface area contributed by atoms with Gasteiger partial charge in [-0.05, 0) is 64.6 Å². The minimum atomic E-state index is -0.663. The second-order valence-electron chi connectivity index (χ2n) is 9.43. The Morgan fingerprint density at radius 3 is 1.79 bits per heavy atom. The van der Waals surface area contributed by atoms with E-state index in [1.807, 2.05) is 36.7 Å². The minimum absolute atomic E-state index is 0.442. The standard InChI is InChI=1S/C34H25ClN2O/c1-24-19-32-33(21-30(24)25-17-18-26(22-38)31(35)20-25)37(23-36-32)34(27-11-5-2-6-12-27,28-13-7-3-8-14-28)29-15-9-4-10-16-29/h2-23H,1H3. The minimum Gasteiger partial charge on any atom is -0.312 e. The van der Waals surface area contributed by atoms with E-state index in [9.17, 15) is 4.79 Å². The van der Waals surface area contributed by atoms with Gasteiger partial charge in [0.05, 0.1) is 22.4 Å². The van der Waals surface area contributed by atoms with Crippen LogP contribution < -0.4 is 0 Å². The number of rotatable bonds is 6. The van der Waals surface area contributed by atoms with E-state index in [1.165, 1.54) is 0 Å². The summed E-state index contributed by atoms with van der Waals surface area (Å²) in [7, 11) is 0. The summed E-state index contributed by atoms with van der Waals surface area (Å²) in [6, 6.07) is 41.6. The van der Waals surface area contributed by atoms with Crippen molar-refractivity contribution in [2.24, 2.45) is 0 Å². The number of imidazole rings is 1. The van der Waals surface area contributed by atoms with Gasteiger partial charge in [-0.3, -0.25) is 4.79 Å². The Balaban J connectivity index is 1.70. The van der Waals surface area contributed by atoms with E-state index >= 15 is 0 Å². The average Bonchev–Trinajstić information content (AvgIpc) is 3.37. The third-order valence-corrected chi connectivity index (χ3v) is 7.60. The Kier molecular flexibility index (Phi) is 6.15. The lowest BCUT2D eigenvalue weighted by atomic mass is 9.76. The molecule has 6 aromatic rings. The maximum Gasteiger partial charge on any atom is 0.151 e. The van der Waals surface area contributed by atoms with E-state index < -0.39 is 5.54 Å². The van der Waals surface area contributed by atoms with Gasteiger partial charge in [0.1, 0.15) is 5.54 Å². The topological polar surface area (TPSA) is 34.9 Å². The molecule has 0 aliphatic heterocycles. The van der Waals surface area contributed by atoms with Gasteiger partial charge in [0.2, 0.25) is 0 Å². The van der Waals surface area contributed by atoms with Crippen molar-refractivity contribution in [3.8, 4) is 11.1 Å². The number of aromatic nitrogens is 2. The fourth-order valence-corrected chi connectivity index (χ4v) is 5.71. The second kappa shape index (κ2) is 9.77. The number of carbonyl (C=O) groups excluding carboxylic acids is 1. The molecule has 0 spiro atoms. The van der Waals surface area contributed by atoms with Gasteiger partial charge in [-0.25, -0.2) is 4.98 Å². The predicted molar refractivity (Wildman–Crippen MR) is 155 cm³/mol. The number of fused-ring (bicyclic) bond motifs is 1. The molecule has 0 fully saturated rings.